The molecular formula is C26H30N2O5S2. The molecule has 1 atom stereocenters. The van der Waals surface area contributed by atoms with E-state index in [1.165, 1.54) is 20.3 Å². The molecule has 0 aliphatic heterocycles. The van der Waals surface area contributed by atoms with Crippen LogP contribution < -0.4 is 19.1 Å². The van der Waals surface area contributed by atoms with E-state index in [-0.39, 0.29) is 16.7 Å². The first-order chi connectivity index (χ1) is 16.7. The van der Waals surface area contributed by atoms with Crippen LogP contribution in [-0.2, 0) is 14.8 Å². The summed E-state index contributed by atoms with van der Waals surface area (Å²) in [5.41, 5.74) is 1.98. The molecule has 0 saturated heterocycles. The molecular weight excluding hydrogens is 484 g/mol. The fraction of sp³-hybridized carbons (Fsp3) is 0.269. The summed E-state index contributed by atoms with van der Waals surface area (Å²) in [6.45, 7) is 3.24. The monoisotopic (exact) mass is 514 g/mol. The number of benzene rings is 3. The van der Waals surface area contributed by atoms with Crippen molar-refractivity contribution in [3.8, 4) is 11.5 Å². The standard InChI is InChI=1S/C26H30N2O5S2/c1-18-9-14-24(33-4)25(15-18)35(30,31)28(21-7-6-8-22(16-21)32-3)17-26(29)27-19(2)20-10-12-23(34-5)13-11-20/h6-16,19H,17H2,1-5H3,(H,27,29)/t19-/m0/s1. The van der Waals surface area contributed by atoms with Crippen molar-refractivity contribution in [2.45, 2.75) is 29.7 Å². The first kappa shape index (κ1) is 26.4. The van der Waals surface area contributed by atoms with Crippen molar-refractivity contribution in [3.05, 3.63) is 77.9 Å². The van der Waals surface area contributed by atoms with Gasteiger partial charge < -0.3 is 14.8 Å². The summed E-state index contributed by atoms with van der Waals surface area (Å²) < 4.78 is 39.4. The normalized spacial score (nSPS) is 12.0. The van der Waals surface area contributed by atoms with Crippen LogP contribution in [0.25, 0.3) is 0 Å². The van der Waals surface area contributed by atoms with Gasteiger partial charge in [0.15, 0.2) is 0 Å². The second-order valence-electron chi connectivity index (χ2n) is 7.93. The fourth-order valence-corrected chi connectivity index (χ4v) is 5.64. The number of anilines is 1. The van der Waals surface area contributed by atoms with Crippen LogP contribution in [0.1, 0.15) is 24.1 Å². The lowest BCUT2D eigenvalue weighted by Crippen LogP contribution is -2.41. The number of nitrogens with one attached hydrogen (secondary N) is 1. The van der Waals surface area contributed by atoms with Crippen LogP contribution in [0.15, 0.2) is 76.5 Å². The Morgan fingerprint density at radius 3 is 2.37 bits per heavy atom. The van der Waals surface area contributed by atoms with Crippen molar-refractivity contribution in [3.63, 3.8) is 0 Å². The molecule has 186 valence electrons. The Kier molecular flexibility index (Phi) is 8.69. The number of methoxy groups -OCH3 is 2. The fourth-order valence-electron chi connectivity index (χ4n) is 3.58. The Bertz CT molecular complexity index is 1280. The quantitative estimate of drug-likeness (QED) is 0.391. The average molecular weight is 515 g/mol. The summed E-state index contributed by atoms with van der Waals surface area (Å²) in [5.74, 6) is 0.234. The van der Waals surface area contributed by atoms with E-state index in [1.807, 2.05) is 37.4 Å². The van der Waals surface area contributed by atoms with E-state index in [1.54, 1.807) is 55.1 Å². The van der Waals surface area contributed by atoms with Crippen molar-refractivity contribution in [2.75, 3.05) is 31.3 Å². The number of thioether (sulfide) groups is 1. The molecule has 3 aromatic rings. The zero-order chi connectivity index (χ0) is 25.6. The van der Waals surface area contributed by atoms with E-state index in [0.29, 0.717) is 11.4 Å². The minimum atomic E-state index is -4.16. The van der Waals surface area contributed by atoms with Gasteiger partial charge in [-0.25, -0.2) is 8.42 Å². The van der Waals surface area contributed by atoms with E-state index in [2.05, 4.69) is 5.32 Å². The predicted octanol–water partition coefficient (Wildman–Crippen LogP) is 4.81. The van der Waals surface area contributed by atoms with Gasteiger partial charge >= 0.3 is 0 Å². The van der Waals surface area contributed by atoms with Gasteiger partial charge in [-0.05, 0) is 67.6 Å². The van der Waals surface area contributed by atoms with Gasteiger partial charge in [-0.2, -0.15) is 0 Å². The average Bonchev–Trinajstić information content (AvgIpc) is 2.87. The summed E-state index contributed by atoms with van der Waals surface area (Å²) in [4.78, 5) is 14.2. The molecule has 1 amide bonds. The van der Waals surface area contributed by atoms with Crippen molar-refractivity contribution >= 4 is 33.4 Å². The van der Waals surface area contributed by atoms with Gasteiger partial charge in [-0.1, -0.05) is 24.3 Å². The zero-order valence-corrected chi connectivity index (χ0v) is 22.1. The number of rotatable bonds is 10. The molecule has 0 spiro atoms. The number of sulfonamides is 1. The second kappa shape index (κ2) is 11.5. The lowest BCUT2D eigenvalue weighted by molar-refractivity contribution is -0.120. The van der Waals surface area contributed by atoms with Crippen LogP contribution in [0.5, 0.6) is 11.5 Å². The van der Waals surface area contributed by atoms with E-state index in [9.17, 15) is 13.2 Å². The highest BCUT2D eigenvalue weighted by Gasteiger charge is 2.31. The molecule has 0 bridgehead atoms. The second-order valence-corrected chi connectivity index (χ2v) is 10.6. The topological polar surface area (TPSA) is 84.9 Å². The van der Waals surface area contributed by atoms with Crippen molar-refractivity contribution in [1.82, 2.24) is 5.32 Å². The largest absolute Gasteiger partial charge is 0.497 e. The first-order valence-electron chi connectivity index (χ1n) is 10.9. The Balaban J connectivity index is 1.96. The third-order valence-electron chi connectivity index (χ3n) is 5.51. The van der Waals surface area contributed by atoms with Gasteiger partial charge in [0, 0.05) is 11.0 Å². The van der Waals surface area contributed by atoms with E-state index < -0.39 is 22.5 Å². The molecule has 9 heteroatoms. The van der Waals surface area contributed by atoms with E-state index >= 15 is 0 Å². The third kappa shape index (κ3) is 6.29. The predicted molar refractivity (Wildman–Crippen MR) is 140 cm³/mol. The number of ether oxygens (including phenoxy) is 2. The summed E-state index contributed by atoms with van der Waals surface area (Å²) in [7, 11) is -1.25. The van der Waals surface area contributed by atoms with Crippen molar-refractivity contribution in [2.24, 2.45) is 0 Å². The van der Waals surface area contributed by atoms with Gasteiger partial charge in [0.2, 0.25) is 5.91 Å². The SMILES string of the molecule is COc1cccc(N(CC(=O)N[C@@H](C)c2ccc(SC)cc2)S(=O)(=O)c2cc(C)ccc2OC)c1. The first-order valence-corrected chi connectivity index (χ1v) is 13.6. The lowest BCUT2D eigenvalue weighted by Gasteiger charge is -2.26. The number of carbonyl (C=O) groups is 1. The zero-order valence-electron chi connectivity index (χ0n) is 20.4. The van der Waals surface area contributed by atoms with Crippen LogP contribution in [-0.4, -0.2) is 41.3 Å². The van der Waals surface area contributed by atoms with Gasteiger partial charge in [-0.15, -0.1) is 11.8 Å². The number of hydrogen-bond donors (Lipinski definition) is 1. The molecule has 3 rings (SSSR count). The molecule has 0 unspecified atom stereocenters. The third-order valence-corrected chi connectivity index (χ3v) is 8.05. The Morgan fingerprint density at radius 1 is 1.03 bits per heavy atom. The number of carbonyl (C=O) groups excluding carboxylic acids is 1. The molecule has 1 N–H and O–H groups in total. The molecule has 0 saturated carbocycles. The van der Waals surface area contributed by atoms with Gasteiger partial charge in [0.05, 0.1) is 25.9 Å². The van der Waals surface area contributed by atoms with E-state index in [0.717, 1.165) is 20.3 Å². The Morgan fingerprint density at radius 2 is 1.74 bits per heavy atom. The molecule has 7 nitrogen and oxygen atoms in total. The molecule has 0 radical (unpaired) electrons. The van der Waals surface area contributed by atoms with Crippen LogP contribution >= 0.6 is 11.8 Å². The minimum Gasteiger partial charge on any atom is -0.497 e. The van der Waals surface area contributed by atoms with Gasteiger partial charge in [0.25, 0.3) is 10.0 Å². The Labute approximate surface area is 211 Å². The van der Waals surface area contributed by atoms with Crippen molar-refractivity contribution < 1.29 is 22.7 Å². The molecule has 0 heterocycles. The smallest absolute Gasteiger partial charge is 0.268 e. The number of amides is 1. The highest BCUT2D eigenvalue weighted by Crippen LogP contribution is 2.32. The number of aryl methyl sites for hydroxylation is 1. The summed E-state index contributed by atoms with van der Waals surface area (Å²) in [6, 6.07) is 19.1. The van der Waals surface area contributed by atoms with Crippen LogP contribution in [0.3, 0.4) is 0 Å². The summed E-state index contributed by atoms with van der Waals surface area (Å²) in [6.07, 6.45) is 2.00. The summed E-state index contributed by atoms with van der Waals surface area (Å²) in [5, 5.41) is 2.91. The molecule has 35 heavy (non-hydrogen) atoms. The highest BCUT2D eigenvalue weighted by atomic mass is 32.2. The van der Waals surface area contributed by atoms with Gasteiger partial charge in [-0.3, -0.25) is 9.10 Å². The molecule has 0 aromatic heterocycles. The van der Waals surface area contributed by atoms with Crippen LogP contribution in [0.2, 0.25) is 0 Å². The highest BCUT2D eigenvalue weighted by molar-refractivity contribution is 7.98. The maximum Gasteiger partial charge on any atom is 0.268 e. The molecule has 0 fully saturated rings. The summed E-state index contributed by atoms with van der Waals surface area (Å²) >= 11 is 1.64. The molecule has 3 aromatic carbocycles. The maximum absolute atomic E-state index is 13.8. The van der Waals surface area contributed by atoms with Gasteiger partial charge in [0.1, 0.15) is 22.9 Å². The van der Waals surface area contributed by atoms with Crippen molar-refractivity contribution in [1.29, 1.82) is 0 Å². The number of hydrogen-bond acceptors (Lipinski definition) is 6. The van der Waals surface area contributed by atoms with Crippen LogP contribution in [0.4, 0.5) is 5.69 Å². The number of nitrogens with zero attached hydrogens (tertiary/aromatic N) is 1. The lowest BCUT2D eigenvalue weighted by atomic mass is 10.1. The Hall–Kier alpha value is -3.17. The van der Waals surface area contributed by atoms with Crippen LogP contribution in [0, 0.1) is 6.92 Å². The van der Waals surface area contributed by atoms with E-state index in [4.69, 9.17) is 9.47 Å². The maximum atomic E-state index is 13.8. The minimum absolute atomic E-state index is 0.0173. The molecule has 0 aliphatic carbocycles. The molecule has 0 aliphatic rings.